The lowest BCUT2D eigenvalue weighted by atomic mass is 10.1. The lowest BCUT2D eigenvalue weighted by Crippen LogP contribution is -2.06. The average molecular weight is 349 g/mol. The Labute approximate surface area is 145 Å². The van der Waals surface area contributed by atoms with Gasteiger partial charge in [0, 0.05) is 18.0 Å². The topological polar surface area (TPSA) is 67.0 Å². The van der Waals surface area contributed by atoms with Crippen molar-refractivity contribution in [2.75, 3.05) is 11.9 Å². The largest absolute Gasteiger partial charge is 0.463 e. The number of aromatic amines is 1. The Morgan fingerprint density at radius 3 is 2.92 bits per heavy atom. The van der Waals surface area contributed by atoms with Crippen molar-refractivity contribution in [3.05, 3.63) is 59.6 Å². The quantitative estimate of drug-likeness (QED) is 0.408. The van der Waals surface area contributed by atoms with Crippen molar-refractivity contribution in [2.24, 2.45) is 0 Å². The van der Waals surface area contributed by atoms with E-state index in [2.05, 4.69) is 15.5 Å². The number of carbonyl (C=O) groups excluding carboxylic acids is 1. The van der Waals surface area contributed by atoms with E-state index in [9.17, 15) is 13.6 Å². The summed E-state index contributed by atoms with van der Waals surface area (Å²) in [7, 11) is 0. The molecule has 0 bridgehead atoms. The first-order chi connectivity index (χ1) is 12.1. The molecule has 2 rings (SSSR count). The molecule has 0 fully saturated rings. The molecule has 1 aromatic carbocycles. The highest BCUT2D eigenvalue weighted by atomic mass is 19.2. The summed E-state index contributed by atoms with van der Waals surface area (Å²) in [5.41, 5.74) is 1.77. The number of aromatic nitrogens is 2. The van der Waals surface area contributed by atoms with Gasteiger partial charge in [0.2, 0.25) is 0 Å². The van der Waals surface area contributed by atoms with Crippen LogP contribution in [0.1, 0.15) is 31.7 Å². The maximum absolute atomic E-state index is 13.6. The van der Waals surface area contributed by atoms with Crippen LogP contribution in [0.4, 0.5) is 14.5 Å². The molecule has 5 nitrogen and oxygen atoms in total. The minimum atomic E-state index is -0.831. The molecule has 0 amide bonds. The van der Waals surface area contributed by atoms with Crippen LogP contribution < -0.4 is 5.32 Å². The molecule has 2 N–H and O–H groups in total. The molecule has 1 heterocycles. The maximum atomic E-state index is 13.6. The average Bonchev–Trinajstić information content (AvgIpc) is 3.08. The Morgan fingerprint density at radius 1 is 1.36 bits per heavy atom. The number of aryl methyl sites for hydroxylation is 1. The predicted molar refractivity (Wildman–Crippen MR) is 90.8 cm³/mol. The number of nitrogens with zero attached hydrogens (tertiary/aromatic N) is 1. The number of hydrogen-bond donors (Lipinski definition) is 2. The Kier molecular flexibility index (Phi) is 7.13. The van der Waals surface area contributed by atoms with Gasteiger partial charge in [0.1, 0.15) is 0 Å². The van der Waals surface area contributed by atoms with Gasteiger partial charge in [-0.25, -0.2) is 13.6 Å². The van der Waals surface area contributed by atoms with Crippen LogP contribution in [0.2, 0.25) is 0 Å². The zero-order valence-electron chi connectivity index (χ0n) is 14.0. The highest BCUT2D eigenvalue weighted by Crippen LogP contribution is 2.17. The molecule has 0 saturated heterocycles. The van der Waals surface area contributed by atoms with Crippen molar-refractivity contribution >= 4 is 11.7 Å². The molecule has 0 unspecified atom stereocenters. The SMILES string of the molecule is CCOC(=O)C=C(CCCCc1cccc(F)c1F)Nc1cn[nH]c1. The smallest absolute Gasteiger partial charge is 0.332 e. The fraction of sp³-hybridized carbons (Fsp3) is 0.333. The van der Waals surface area contributed by atoms with E-state index in [1.165, 1.54) is 12.1 Å². The Bertz CT molecular complexity index is 715. The summed E-state index contributed by atoms with van der Waals surface area (Å²) in [5.74, 6) is -2.05. The van der Waals surface area contributed by atoms with Crippen LogP contribution in [0, 0.1) is 11.6 Å². The monoisotopic (exact) mass is 349 g/mol. The molecule has 0 aliphatic carbocycles. The van der Waals surface area contributed by atoms with E-state index in [4.69, 9.17) is 4.74 Å². The van der Waals surface area contributed by atoms with Gasteiger partial charge >= 0.3 is 5.97 Å². The molecule has 0 saturated carbocycles. The van der Waals surface area contributed by atoms with Gasteiger partial charge < -0.3 is 10.1 Å². The molecular formula is C18H21F2N3O2. The third-order valence-corrected chi connectivity index (χ3v) is 3.56. The Balaban J connectivity index is 1.90. The van der Waals surface area contributed by atoms with Crippen LogP contribution in [0.3, 0.4) is 0 Å². The number of carbonyl (C=O) groups is 1. The zero-order chi connectivity index (χ0) is 18.1. The van der Waals surface area contributed by atoms with Crippen molar-refractivity contribution in [3.8, 4) is 0 Å². The van der Waals surface area contributed by atoms with Gasteiger partial charge in [0.05, 0.1) is 18.5 Å². The molecule has 25 heavy (non-hydrogen) atoms. The van der Waals surface area contributed by atoms with Gasteiger partial charge in [-0.1, -0.05) is 12.1 Å². The van der Waals surface area contributed by atoms with E-state index >= 15 is 0 Å². The molecule has 0 aliphatic rings. The highest BCUT2D eigenvalue weighted by Gasteiger charge is 2.08. The number of anilines is 1. The van der Waals surface area contributed by atoms with Gasteiger partial charge in [-0.3, -0.25) is 5.10 Å². The number of ether oxygens (including phenoxy) is 1. The lowest BCUT2D eigenvalue weighted by molar-refractivity contribution is -0.137. The Hall–Kier alpha value is -2.70. The number of rotatable bonds is 9. The highest BCUT2D eigenvalue weighted by molar-refractivity contribution is 5.83. The van der Waals surface area contributed by atoms with Crippen LogP contribution in [0.25, 0.3) is 0 Å². The van der Waals surface area contributed by atoms with E-state index in [-0.39, 0.29) is 0 Å². The fourth-order valence-corrected chi connectivity index (χ4v) is 2.37. The summed E-state index contributed by atoms with van der Waals surface area (Å²) in [4.78, 5) is 11.7. The number of nitrogens with one attached hydrogen (secondary N) is 2. The van der Waals surface area contributed by atoms with E-state index < -0.39 is 17.6 Å². The normalized spacial score (nSPS) is 11.4. The number of benzene rings is 1. The number of halogens is 2. The van der Waals surface area contributed by atoms with Gasteiger partial charge in [0.15, 0.2) is 11.6 Å². The zero-order valence-corrected chi connectivity index (χ0v) is 14.0. The first-order valence-electron chi connectivity index (χ1n) is 8.16. The van der Waals surface area contributed by atoms with Crippen molar-refractivity contribution in [1.29, 1.82) is 0 Å². The van der Waals surface area contributed by atoms with E-state index in [1.54, 1.807) is 25.4 Å². The number of H-pyrrole nitrogens is 1. The summed E-state index contributed by atoms with van der Waals surface area (Å²) in [5, 5.41) is 9.62. The summed E-state index contributed by atoms with van der Waals surface area (Å²) >= 11 is 0. The first-order valence-corrected chi connectivity index (χ1v) is 8.16. The van der Waals surface area contributed by atoms with E-state index in [1.807, 2.05) is 0 Å². The van der Waals surface area contributed by atoms with E-state index in [0.717, 1.165) is 11.8 Å². The number of unbranched alkanes of at least 4 members (excludes halogenated alkanes) is 1. The van der Waals surface area contributed by atoms with Gasteiger partial charge in [-0.05, 0) is 44.2 Å². The second kappa shape index (κ2) is 9.56. The maximum Gasteiger partial charge on any atom is 0.332 e. The molecule has 1 aromatic heterocycles. The lowest BCUT2D eigenvalue weighted by Gasteiger charge is -2.10. The van der Waals surface area contributed by atoms with Crippen LogP contribution in [0.5, 0.6) is 0 Å². The first kappa shape index (κ1) is 18.6. The number of esters is 1. The summed E-state index contributed by atoms with van der Waals surface area (Å²) in [6.07, 6.45) is 7.03. The predicted octanol–water partition coefficient (Wildman–Crippen LogP) is 3.96. The van der Waals surface area contributed by atoms with Crippen molar-refractivity contribution in [3.63, 3.8) is 0 Å². The third-order valence-electron chi connectivity index (χ3n) is 3.56. The molecule has 0 aliphatic heterocycles. The number of allylic oxidation sites excluding steroid dienone is 1. The molecule has 0 radical (unpaired) electrons. The van der Waals surface area contributed by atoms with Crippen LogP contribution in [-0.2, 0) is 16.0 Å². The minimum absolute atomic E-state index is 0.299. The fourth-order valence-electron chi connectivity index (χ4n) is 2.37. The second-order valence-corrected chi connectivity index (χ2v) is 5.45. The standard InChI is InChI=1S/C18H21F2N3O2/c1-2-25-17(24)10-14(23-15-11-21-22-12-15)8-4-3-6-13-7-5-9-16(19)18(13)20/h5,7,9-12,23H,2-4,6,8H2,1H3,(H,21,22). The van der Waals surface area contributed by atoms with Gasteiger partial charge in [0.25, 0.3) is 0 Å². The summed E-state index contributed by atoms with van der Waals surface area (Å²) in [6, 6.07) is 4.19. The molecule has 7 heteroatoms. The second-order valence-electron chi connectivity index (χ2n) is 5.45. The van der Waals surface area contributed by atoms with Crippen LogP contribution in [0.15, 0.2) is 42.4 Å². The third kappa shape index (κ3) is 6.02. The minimum Gasteiger partial charge on any atom is -0.463 e. The number of hydrogen-bond acceptors (Lipinski definition) is 4. The van der Waals surface area contributed by atoms with Crippen LogP contribution in [-0.4, -0.2) is 22.8 Å². The van der Waals surface area contributed by atoms with E-state index in [0.29, 0.717) is 43.6 Å². The molecular weight excluding hydrogens is 328 g/mol. The molecule has 0 spiro atoms. The van der Waals surface area contributed by atoms with Gasteiger partial charge in [-0.15, -0.1) is 0 Å². The molecule has 2 aromatic rings. The van der Waals surface area contributed by atoms with Crippen molar-refractivity contribution < 1.29 is 18.3 Å². The molecule has 0 atom stereocenters. The van der Waals surface area contributed by atoms with Gasteiger partial charge in [-0.2, -0.15) is 5.10 Å². The molecule has 134 valence electrons. The Morgan fingerprint density at radius 2 is 2.20 bits per heavy atom. The summed E-state index contributed by atoms with van der Waals surface area (Å²) < 4.78 is 31.7. The van der Waals surface area contributed by atoms with Crippen molar-refractivity contribution in [2.45, 2.75) is 32.6 Å². The van der Waals surface area contributed by atoms with Crippen molar-refractivity contribution in [1.82, 2.24) is 10.2 Å². The van der Waals surface area contributed by atoms with Crippen LogP contribution >= 0.6 is 0 Å². The summed E-state index contributed by atoms with van der Waals surface area (Å²) in [6.45, 7) is 2.04.